The van der Waals surface area contributed by atoms with Crippen molar-refractivity contribution >= 4 is 23.3 Å². The summed E-state index contributed by atoms with van der Waals surface area (Å²) in [6, 6.07) is 14.9. The maximum atomic E-state index is 7.75. The van der Waals surface area contributed by atoms with Crippen LogP contribution < -0.4 is 0 Å². The third-order valence-electron chi connectivity index (χ3n) is 2.23. The molecule has 0 fully saturated rings. The van der Waals surface area contributed by atoms with Gasteiger partial charge in [0.1, 0.15) is 0 Å². The van der Waals surface area contributed by atoms with Crippen LogP contribution in [0.1, 0.15) is 11.3 Å². The number of benzene rings is 1. The number of nitrogens with one attached hydrogen (secondary N) is 1. The summed E-state index contributed by atoms with van der Waals surface area (Å²) in [7, 11) is 4.57. The summed E-state index contributed by atoms with van der Waals surface area (Å²) in [5.41, 5.74) is 11.1. The molecule has 0 unspecified atom stereocenters. The molecule has 0 amide bonds. The predicted octanol–water partition coefficient (Wildman–Crippen LogP) is 3.55. The maximum absolute atomic E-state index is 7.75. The summed E-state index contributed by atoms with van der Waals surface area (Å²) in [6.45, 7) is 8.76. The first-order valence-electron chi connectivity index (χ1n) is 5.49. The zero-order valence-electron chi connectivity index (χ0n) is 11.3. The minimum atomic E-state index is 0.222. The van der Waals surface area contributed by atoms with Crippen LogP contribution in [0.4, 0.5) is 0 Å². The van der Waals surface area contributed by atoms with Crippen molar-refractivity contribution in [1.82, 2.24) is 4.98 Å². The quantitative estimate of drug-likeness (QED) is 0.447. The number of rotatable bonds is 2. The van der Waals surface area contributed by atoms with Gasteiger partial charge in [0.25, 0.3) is 0 Å². The number of nitrogens with zero attached hydrogens (tertiary/aromatic N) is 1. The molecule has 1 heterocycles. The summed E-state index contributed by atoms with van der Waals surface area (Å²) in [5.74, 6) is 0. The standard InChI is InChI=1S/C13H12N2.2CHO.ClH.Ru/c1-10-5-7-11(8-6-10)13-4-2-3-12(9-14)15-13;2*1-2;;/h2-7,14H,9H2,1H3;2*1H;1H;/q-2;2*-1;;+1/p-1. The fraction of sp³-hybridized carbons (Fsp3) is 0.133. The zero-order valence-corrected chi connectivity index (χ0v) is 13.8. The molecule has 0 aliphatic rings. The Balaban J connectivity index is 0. The molecule has 0 radical (unpaired) electrons. The van der Waals surface area contributed by atoms with E-state index >= 15 is 0 Å². The molecule has 0 bridgehead atoms. The van der Waals surface area contributed by atoms with Gasteiger partial charge in [0.2, 0.25) is 0 Å². The number of carbonyl (C=O) groups excluding carboxylic acids is 2. The van der Waals surface area contributed by atoms with Crippen LogP contribution in [0.25, 0.3) is 17.0 Å². The van der Waals surface area contributed by atoms with E-state index in [-0.39, 0.29) is 6.54 Å². The van der Waals surface area contributed by atoms with Gasteiger partial charge in [-0.05, 0) is 11.8 Å². The predicted molar refractivity (Wildman–Crippen MR) is 80.6 cm³/mol. The van der Waals surface area contributed by atoms with Gasteiger partial charge < -0.3 is 20.3 Å². The van der Waals surface area contributed by atoms with E-state index < -0.39 is 0 Å². The number of hydrogen-bond acceptors (Lipinski definition) is 3. The van der Waals surface area contributed by atoms with E-state index in [9.17, 15) is 0 Å². The van der Waals surface area contributed by atoms with E-state index in [1.807, 2.05) is 60.6 Å². The summed E-state index contributed by atoms with van der Waals surface area (Å²) >= 11 is 1.82. The van der Waals surface area contributed by atoms with Crippen molar-refractivity contribution in [2.45, 2.75) is 13.5 Å². The van der Waals surface area contributed by atoms with E-state index in [0.717, 1.165) is 17.0 Å². The molecule has 2 rings (SSSR count). The van der Waals surface area contributed by atoms with E-state index in [0.29, 0.717) is 0 Å². The average Bonchev–Trinajstić information content (AvgIpc) is 2.61. The van der Waals surface area contributed by atoms with Crippen molar-refractivity contribution in [2.75, 3.05) is 0 Å². The van der Waals surface area contributed by atoms with Gasteiger partial charge in [0.05, 0.1) is 0 Å². The molecule has 0 aliphatic heterocycles. The van der Waals surface area contributed by atoms with Gasteiger partial charge in [-0.15, -0.1) is 41.9 Å². The summed E-state index contributed by atoms with van der Waals surface area (Å²) in [4.78, 5) is 19.9. The number of aryl methyl sites for hydroxylation is 1. The summed E-state index contributed by atoms with van der Waals surface area (Å²) in [6.07, 6.45) is 0. The van der Waals surface area contributed by atoms with Crippen molar-refractivity contribution in [2.24, 2.45) is 0 Å². The molecule has 21 heavy (non-hydrogen) atoms. The number of halogens is 1. The van der Waals surface area contributed by atoms with Crippen LogP contribution in [0.15, 0.2) is 36.4 Å². The van der Waals surface area contributed by atoms with E-state index in [4.69, 9.17) is 15.3 Å². The van der Waals surface area contributed by atoms with Crippen LogP contribution in [0, 0.1) is 13.0 Å². The van der Waals surface area contributed by atoms with Crippen molar-refractivity contribution < 1.29 is 26.9 Å². The van der Waals surface area contributed by atoms with Crippen LogP contribution in [-0.2, 0) is 33.4 Å². The van der Waals surface area contributed by atoms with Gasteiger partial charge in [0.15, 0.2) is 0 Å². The first-order valence-corrected chi connectivity index (χ1v) is 7.73. The van der Waals surface area contributed by atoms with Crippen molar-refractivity contribution in [1.29, 1.82) is 0 Å². The fourth-order valence-corrected chi connectivity index (χ4v) is 1.39. The van der Waals surface area contributed by atoms with Crippen LogP contribution in [0.5, 0.6) is 0 Å². The zero-order chi connectivity index (χ0) is 16.7. The summed E-state index contributed by atoms with van der Waals surface area (Å²) in [5, 5.41) is 0. The van der Waals surface area contributed by atoms with Crippen LogP contribution in [-0.4, -0.2) is 18.6 Å². The molecule has 6 heteroatoms. The molecule has 1 aromatic heterocycles. The van der Waals surface area contributed by atoms with E-state index in [2.05, 4.69) is 34.3 Å². The molecular formula is C15H14ClN2O2Ru-4. The number of pyridine rings is 1. The monoisotopic (exact) mass is 391 g/mol. The van der Waals surface area contributed by atoms with Gasteiger partial charge in [-0.2, -0.15) is 0 Å². The van der Waals surface area contributed by atoms with Crippen LogP contribution in [0.2, 0.25) is 0 Å². The molecule has 0 spiro atoms. The molecular weight excluding hydrogens is 377 g/mol. The Morgan fingerprint density at radius 3 is 2.29 bits per heavy atom. The first-order chi connectivity index (χ1) is 10.3. The molecule has 1 aromatic carbocycles. The molecule has 0 saturated heterocycles. The van der Waals surface area contributed by atoms with Crippen molar-refractivity contribution in [3.8, 4) is 11.3 Å². The fourth-order valence-electron chi connectivity index (χ4n) is 1.39. The van der Waals surface area contributed by atoms with Crippen LogP contribution in [0.3, 0.4) is 0 Å². The Morgan fingerprint density at radius 2 is 1.81 bits per heavy atom. The average molecular weight is 391 g/mol. The SMILES string of the molecule is Cc1c[c-]c(-c2cccc(C[NH-])n2)cc1.[CH-]=O.[CH-]=O.[Cl][Ru]. The number of hydrogen-bond donors (Lipinski definition) is 0. The molecule has 0 saturated carbocycles. The molecule has 1 N–H and O–H groups in total. The van der Waals surface area contributed by atoms with E-state index in [1.165, 1.54) is 5.56 Å². The Bertz CT molecular complexity index is 493. The third kappa shape index (κ3) is 8.46. The molecule has 0 atom stereocenters. The Kier molecular flexibility index (Phi) is 15.6. The molecule has 4 nitrogen and oxygen atoms in total. The Hall–Kier alpha value is -1.42. The van der Waals surface area contributed by atoms with Crippen LogP contribution >= 0.6 is 9.69 Å². The molecule has 2 aromatic rings. The summed E-state index contributed by atoms with van der Waals surface area (Å²) < 4.78 is 0. The second-order valence-electron chi connectivity index (χ2n) is 3.47. The molecule has 115 valence electrons. The van der Waals surface area contributed by atoms with Gasteiger partial charge in [-0.3, -0.25) is 13.6 Å². The number of aromatic nitrogens is 1. The normalized spacial score (nSPS) is 8.00. The minimum absolute atomic E-state index is 0.222. The van der Waals surface area contributed by atoms with Gasteiger partial charge in [-0.1, -0.05) is 19.1 Å². The second kappa shape index (κ2) is 15.0. The van der Waals surface area contributed by atoms with E-state index in [1.54, 1.807) is 0 Å². The van der Waals surface area contributed by atoms with Crippen molar-refractivity contribution in [3.05, 3.63) is 59.5 Å². The Labute approximate surface area is 139 Å². The van der Waals surface area contributed by atoms with Crippen molar-refractivity contribution in [3.63, 3.8) is 0 Å². The first kappa shape index (κ1) is 21.9. The third-order valence-corrected chi connectivity index (χ3v) is 2.23. The topological polar surface area (TPSA) is 70.8 Å². The van der Waals surface area contributed by atoms with Gasteiger partial charge in [0, 0.05) is 5.69 Å². The van der Waals surface area contributed by atoms with Gasteiger partial charge >= 0.3 is 27.0 Å². The Morgan fingerprint density at radius 1 is 1.19 bits per heavy atom. The second-order valence-corrected chi connectivity index (χ2v) is 3.47. The molecule has 0 aliphatic carbocycles. The van der Waals surface area contributed by atoms with Gasteiger partial charge in [-0.25, -0.2) is 0 Å².